The Labute approximate surface area is 115 Å². The van der Waals surface area contributed by atoms with Crippen LogP contribution in [0.5, 0.6) is 5.75 Å². The summed E-state index contributed by atoms with van der Waals surface area (Å²) in [5.74, 6) is 6.38. The van der Waals surface area contributed by atoms with Gasteiger partial charge in [0.15, 0.2) is 0 Å². The molecular formula is C16H21NO2. The lowest BCUT2D eigenvalue weighted by Gasteiger charge is -2.14. The zero-order valence-electron chi connectivity index (χ0n) is 11.3. The van der Waals surface area contributed by atoms with Gasteiger partial charge in [-0.05, 0) is 44.5 Å². The van der Waals surface area contributed by atoms with Gasteiger partial charge in [-0.3, -0.25) is 0 Å². The Morgan fingerprint density at radius 1 is 1.21 bits per heavy atom. The summed E-state index contributed by atoms with van der Waals surface area (Å²) in [4.78, 5) is 2.49. The van der Waals surface area contributed by atoms with Crippen LogP contribution in [0.2, 0.25) is 0 Å². The molecule has 0 radical (unpaired) electrons. The van der Waals surface area contributed by atoms with Crippen LogP contribution < -0.4 is 4.74 Å². The molecular weight excluding hydrogens is 238 g/mol. The molecule has 0 aromatic heterocycles. The maximum Gasteiger partial charge on any atom is 0.134 e. The van der Waals surface area contributed by atoms with Crippen molar-refractivity contribution in [1.82, 2.24) is 4.90 Å². The monoisotopic (exact) mass is 259 g/mol. The Morgan fingerprint density at radius 3 is 2.79 bits per heavy atom. The van der Waals surface area contributed by atoms with Gasteiger partial charge in [0, 0.05) is 6.54 Å². The molecule has 1 saturated heterocycles. The summed E-state index contributed by atoms with van der Waals surface area (Å²) >= 11 is 0. The minimum Gasteiger partial charge on any atom is -0.492 e. The summed E-state index contributed by atoms with van der Waals surface area (Å²) in [5.41, 5.74) is 0.845. The van der Waals surface area contributed by atoms with E-state index in [-0.39, 0.29) is 6.61 Å². The first kappa shape index (κ1) is 13.9. The number of nitrogens with zero attached hydrogens (tertiary/aromatic N) is 1. The SMILES string of the molecule is OCC#Cc1ccccc1OCCCN1CCCC1. The Hall–Kier alpha value is -1.50. The van der Waals surface area contributed by atoms with Crippen molar-refractivity contribution in [2.45, 2.75) is 19.3 Å². The Kier molecular flexibility index (Phi) is 5.74. The fourth-order valence-corrected chi connectivity index (χ4v) is 2.31. The number of benzene rings is 1. The van der Waals surface area contributed by atoms with E-state index >= 15 is 0 Å². The summed E-state index contributed by atoms with van der Waals surface area (Å²) in [7, 11) is 0. The van der Waals surface area contributed by atoms with Gasteiger partial charge >= 0.3 is 0 Å². The van der Waals surface area contributed by atoms with Crippen molar-refractivity contribution in [2.75, 3.05) is 32.8 Å². The molecule has 1 aromatic rings. The average Bonchev–Trinajstić information content (AvgIpc) is 2.95. The first-order valence-corrected chi connectivity index (χ1v) is 6.94. The highest BCUT2D eigenvalue weighted by atomic mass is 16.5. The van der Waals surface area contributed by atoms with Gasteiger partial charge in [0.05, 0.1) is 12.2 Å². The molecule has 19 heavy (non-hydrogen) atoms. The van der Waals surface area contributed by atoms with Gasteiger partial charge in [0.1, 0.15) is 12.4 Å². The van der Waals surface area contributed by atoms with Crippen molar-refractivity contribution in [3.63, 3.8) is 0 Å². The van der Waals surface area contributed by atoms with Crippen molar-refractivity contribution in [3.8, 4) is 17.6 Å². The Morgan fingerprint density at radius 2 is 2.00 bits per heavy atom. The van der Waals surface area contributed by atoms with Crippen molar-refractivity contribution < 1.29 is 9.84 Å². The van der Waals surface area contributed by atoms with Crippen LogP contribution in [0.15, 0.2) is 24.3 Å². The van der Waals surface area contributed by atoms with E-state index in [1.807, 2.05) is 24.3 Å². The van der Waals surface area contributed by atoms with Gasteiger partial charge in [-0.1, -0.05) is 24.0 Å². The molecule has 3 heteroatoms. The summed E-state index contributed by atoms with van der Waals surface area (Å²) < 4.78 is 5.78. The molecule has 1 N–H and O–H groups in total. The zero-order valence-corrected chi connectivity index (χ0v) is 11.3. The van der Waals surface area contributed by atoms with E-state index in [4.69, 9.17) is 9.84 Å². The van der Waals surface area contributed by atoms with Crippen LogP contribution in [0.1, 0.15) is 24.8 Å². The predicted octanol–water partition coefficient (Wildman–Crippen LogP) is 1.90. The van der Waals surface area contributed by atoms with E-state index in [9.17, 15) is 0 Å². The van der Waals surface area contributed by atoms with E-state index in [0.29, 0.717) is 6.61 Å². The molecule has 1 fully saturated rings. The second kappa shape index (κ2) is 7.83. The van der Waals surface area contributed by atoms with E-state index in [2.05, 4.69) is 16.7 Å². The van der Waals surface area contributed by atoms with E-state index in [1.54, 1.807) is 0 Å². The van der Waals surface area contributed by atoms with Crippen molar-refractivity contribution >= 4 is 0 Å². The van der Waals surface area contributed by atoms with Gasteiger partial charge in [-0.25, -0.2) is 0 Å². The largest absolute Gasteiger partial charge is 0.492 e. The summed E-state index contributed by atoms with van der Waals surface area (Å²) in [5, 5.41) is 8.73. The number of aliphatic hydroxyl groups excluding tert-OH is 1. The fourth-order valence-electron chi connectivity index (χ4n) is 2.31. The van der Waals surface area contributed by atoms with Gasteiger partial charge < -0.3 is 14.7 Å². The minimum atomic E-state index is -0.122. The normalized spacial score (nSPS) is 15.0. The van der Waals surface area contributed by atoms with Crippen molar-refractivity contribution in [3.05, 3.63) is 29.8 Å². The molecule has 1 heterocycles. The highest BCUT2D eigenvalue weighted by Crippen LogP contribution is 2.17. The second-order valence-electron chi connectivity index (χ2n) is 4.71. The molecule has 0 amide bonds. The average molecular weight is 259 g/mol. The number of likely N-dealkylation sites (tertiary alicyclic amines) is 1. The molecule has 102 valence electrons. The maximum atomic E-state index is 8.73. The number of hydrogen-bond acceptors (Lipinski definition) is 3. The quantitative estimate of drug-likeness (QED) is 0.647. The number of hydrogen-bond donors (Lipinski definition) is 1. The lowest BCUT2D eigenvalue weighted by molar-refractivity contribution is 0.263. The van der Waals surface area contributed by atoms with E-state index < -0.39 is 0 Å². The van der Waals surface area contributed by atoms with Crippen LogP contribution in [0.3, 0.4) is 0 Å². The molecule has 1 aliphatic rings. The van der Waals surface area contributed by atoms with Crippen LogP contribution in [0.25, 0.3) is 0 Å². The van der Waals surface area contributed by atoms with E-state index in [1.165, 1.54) is 25.9 Å². The molecule has 0 saturated carbocycles. The third-order valence-corrected chi connectivity index (χ3v) is 3.26. The highest BCUT2D eigenvalue weighted by molar-refractivity contribution is 5.45. The lowest BCUT2D eigenvalue weighted by Crippen LogP contribution is -2.21. The molecule has 0 spiro atoms. The van der Waals surface area contributed by atoms with Crippen molar-refractivity contribution in [1.29, 1.82) is 0 Å². The van der Waals surface area contributed by atoms with Crippen LogP contribution in [0, 0.1) is 11.8 Å². The number of para-hydroxylation sites is 1. The van der Waals surface area contributed by atoms with Crippen LogP contribution >= 0.6 is 0 Å². The van der Waals surface area contributed by atoms with E-state index in [0.717, 1.165) is 24.3 Å². The van der Waals surface area contributed by atoms with Crippen LogP contribution in [-0.4, -0.2) is 42.9 Å². The maximum absolute atomic E-state index is 8.73. The fraction of sp³-hybridized carbons (Fsp3) is 0.500. The third-order valence-electron chi connectivity index (χ3n) is 3.26. The molecule has 0 atom stereocenters. The summed E-state index contributed by atoms with van der Waals surface area (Å²) in [6.07, 6.45) is 3.71. The topological polar surface area (TPSA) is 32.7 Å². The zero-order chi connectivity index (χ0) is 13.3. The number of rotatable bonds is 5. The molecule has 3 nitrogen and oxygen atoms in total. The lowest BCUT2D eigenvalue weighted by atomic mass is 10.2. The molecule has 1 aromatic carbocycles. The van der Waals surface area contributed by atoms with Gasteiger partial charge in [-0.15, -0.1) is 0 Å². The second-order valence-corrected chi connectivity index (χ2v) is 4.71. The molecule has 0 unspecified atom stereocenters. The Bertz CT molecular complexity index is 442. The minimum absolute atomic E-state index is 0.122. The first-order valence-electron chi connectivity index (χ1n) is 6.94. The first-order chi connectivity index (χ1) is 9.40. The summed E-state index contributed by atoms with van der Waals surface area (Å²) in [6, 6.07) is 7.72. The molecule has 0 aliphatic carbocycles. The summed E-state index contributed by atoms with van der Waals surface area (Å²) in [6.45, 7) is 4.18. The van der Waals surface area contributed by atoms with Crippen LogP contribution in [0.4, 0.5) is 0 Å². The highest BCUT2D eigenvalue weighted by Gasteiger charge is 2.10. The predicted molar refractivity (Wildman–Crippen MR) is 76.2 cm³/mol. The smallest absolute Gasteiger partial charge is 0.134 e. The van der Waals surface area contributed by atoms with Gasteiger partial charge in [-0.2, -0.15) is 0 Å². The molecule has 0 bridgehead atoms. The Balaban J connectivity index is 1.78. The van der Waals surface area contributed by atoms with Crippen molar-refractivity contribution in [2.24, 2.45) is 0 Å². The molecule has 1 aliphatic heterocycles. The van der Waals surface area contributed by atoms with Gasteiger partial charge in [0.25, 0.3) is 0 Å². The van der Waals surface area contributed by atoms with Gasteiger partial charge in [0.2, 0.25) is 0 Å². The number of ether oxygens (including phenoxy) is 1. The third kappa shape index (κ3) is 4.59. The number of aliphatic hydroxyl groups is 1. The standard InChI is InChI=1S/C16H21NO2/c18-13-5-8-15-7-1-2-9-16(15)19-14-6-12-17-10-3-4-11-17/h1-2,7,9,18H,3-4,6,10-14H2. The van der Waals surface area contributed by atoms with Crippen LogP contribution in [-0.2, 0) is 0 Å². The molecule has 2 rings (SSSR count).